The zero-order chi connectivity index (χ0) is 24.8. The van der Waals surface area contributed by atoms with Crippen LogP contribution in [-0.2, 0) is 14.4 Å². The van der Waals surface area contributed by atoms with Crippen molar-refractivity contribution in [1.82, 2.24) is 14.9 Å². The Morgan fingerprint density at radius 1 is 1.26 bits per heavy atom. The van der Waals surface area contributed by atoms with Gasteiger partial charge in [-0.25, -0.2) is 9.36 Å². The average Bonchev–Trinajstić information content (AvgIpc) is 2.80. The summed E-state index contributed by atoms with van der Waals surface area (Å²) in [5.74, 6) is -3.07. The number of fused-ring (bicyclic) bond motifs is 1. The van der Waals surface area contributed by atoms with Crippen LogP contribution in [0, 0.1) is 0 Å². The minimum absolute atomic E-state index is 0.127. The molecule has 1 aromatic carbocycles. The van der Waals surface area contributed by atoms with Crippen LogP contribution >= 0.6 is 0 Å². The topological polar surface area (TPSA) is 218 Å². The van der Waals surface area contributed by atoms with E-state index >= 15 is 0 Å². The number of anilines is 4. The number of hydrogen-bond acceptors (Lipinski definition) is 10. The van der Waals surface area contributed by atoms with Crippen molar-refractivity contribution in [3.63, 3.8) is 0 Å². The van der Waals surface area contributed by atoms with E-state index in [1.165, 1.54) is 12.1 Å². The first-order valence-corrected chi connectivity index (χ1v) is 10.2. The number of carbonyl (C=O) groups excluding carboxylic acids is 2. The predicted molar refractivity (Wildman–Crippen MR) is 122 cm³/mol. The molecular formula is C20H23N7O7. The first kappa shape index (κ1) is 24.0. The van der Waals surface area contributed by atoms with Crippen LogP contribution < -0.4 is 32.6 Å². The molecule has 14 nitrogen and oxygen atoms in total. The summed E-state index contributed by atoms with van der Waals surface area (Å²) in [4.78, 5) is 61.6. The van der Waals surface area contributed by atoms with Gasteiger partial charge in [0.05, 0.1) is 6.04 Å². The van der Waals surface area contributed by atoms with Crippen molar-refractivity contribution < 1.29 is 29.4 Å². The van der Waals surface area contributed by atoms with Crippen LogP contribution in [0.5, 0.6) is 0 Å². The fourth-order valence-electron chi connectivity index (χ4n) is 3.26. The molecule has 1 aliphatic rings. The lowest BCUT2D eigenvalue weighted by Crippen LogP contribution is -2.42. The number of carboxylic acid groups (broad SMARTS) is 2. The van der Waals surface area contributed by atoms with E-state index in [0.717, 1.165) is 0 Å². The van der Waals surface area contributed by atoms with Crippen molar-refractivity contribution in [2.24, 2.45) is 0 Å². The molecule has 1 amide bonds. The molecule has 0 radical (unpaired) electrons. The summed E-state index contributed by atoms with van der Waals surface area (Å²) < 4.78 is 0.698. The van der Waals surface area contributed by atoms with Gasteiger partial charge < -0.3 is 37.2 Å². The number of benzene rings is 1. The van der Waals surface area contributed by atoms with Crippen LogP contribution in [0.15, 0.2) is 29.1 Å². The molecule has 0 aliphatic carbocycles. The minimum atomic E-state index is -1.32. The smallest absolute Gasteiger partial charge is 0.326 e. The summed E-state index contributed by atoms with van der Waals surface area (Å²) in [5, 5.41) is 29.3. The number of hydrogen-bond donors (Lipinski definition) is 7. The number of nitrogens with two attached hydrogens (primary N) is 1. The summed E-state index contributed by atoms with van der Waals surface area (Å²) in [6.45, 7) is 0.795. The third-order valence-corrected chi connectivity index (χ3v) is 5.06. The van der Waals surface area contributed by atoms with Crippen molar-refractivity contribution in [3.8, 4) is 0 Å². The number of nitrogens with one attached hydrogen (secondary N) is 4. The van der Waals surface area contributed by atoms with E-state index in [1.54, 1.807) is 12.1 Å². The summed E-state index contributed by atoms with van der Waals surface area (Å²) in [6.07, 6.45) is -0.334. The first-order valence-electron chi connectivity index (χ1n) is 10.2. The largest absolute Gasteiger partial charge is 0.481 e. The second-order valence-corrected chi connectivity index (χ2v) is 7.45. The number of nitrogen functional groups attached to an aromatic ring is 1. The number of aromatic nitrogens is 2. The third kappa shape index (κ3) is 5.59. The Morgan fingerprint density at radius 3 is 2.59 bits per heavy atom. The molecule has 1 aromatic heterocycles. The molecule has 0 fully saturated rings. The number of aliphatic carboxylic acids is 2. The SMILES string of the molecule is Nc1nc2c(c(=O)n1C=O)NC(CNc1ccc(C(=O)N[C@@H](CCC(=O)O)C(=O)O)cc1)CN2. The van der Waals surface area contributed by atoms with E-state index in [1.807, 2.05) is 0 Å². The Morgan fingerprint density at radius 2 is 1.97 bits per heavy atom. The molecule has 0 saturated heterocycles. The first-order chi connectivity index (χ1) is 16.2. The quantitative estimate of drug-likeness (QED) is 0.212. The van der Waals surface area contributed by atoms with Gasteiger partial charge in [-0.15, -0.1) is 0 Å². The molecule has 0 spiro atoms. The Kier molecular flexibility index (Phi) is 7.30. The maximum Gasteiger partial charge on any atom is 0.326 e. The number of nitrogens with zero attached hydrogens (tertiary/aromatic N) is 2. The Labute approximate surface area is 192 Å². The molecule has 8 N–H and O–H groups in total. The van der Waals surface area contributed by atoms with E-state index in [-0.39, 0.29) is 48.3 Å². The summed E-state index contributed by atoms with van der Waals surface area (Å²) in [6, 6.07) is 4.67. The molecule has 0 saturated carbocycles. The van der Waals surface area contributed by atoms with Crippen molar-refractivity contribution in [2.45, 2.75) is 24.9 Å². The summed E-state index contributed by atoms with van der Waals surface area (Å²) in [7, 11) is 0. The van der Waals surface area contributed by atoms with Crippen molar-refractivity contribution in [2.75, 3.05) is 34.8 Å². The van der Waals surface area contributed by atoms with Gasteiger partial charge in [-0.1, -0.05) is 0 Å². The predicted octanol–water partition coefficient (Wildman–Crippen LogP) is -0.770. The van der Waals surface area contributed by atoms with E-state index in [4.69, 9.17) is 15.9 Å². The highest BCUT2D eigenvalue weighted by atomic mass is 16.4. The van der Waals surface area contributed by atoms with Gasteiger partial charge in [-0.3, -0.25) is 19.2 Å². The Balaban J connectivity index is 1.58. The molecule has 14 heteroatoms. The van der Waals surface area contributed by atoms with Crippen molar-refractivity contribution in [1.29, 1.82) is 0 Å². The lowest BCUT2D eigenvalue weighted by molar-refractivity contribution is -0.140. The number of carboxylic acids is 2. The van der Waals surface area contributed by atoms with E-state index in [9.17, 15) is 24.0 Å². The maximum absolute atomic E-state index is 12.4. The van der Waals surface area contributed by atoms with Gasteiger partial charge in [-0.2, -0.15) is 4.98 Å². The molecule has 2 heterocycles. The van der Waals surface area contributed by atoms with Gasteiger partial charge in [0.25, 0.3) is 11.5 Å². The van der Waals surface area contributed by atoms with Crippen molar-refractivity contribution >= 4 is 47.4 Å². The van der Waals surface area contributed by atoms with E-state index in [0.29, 0.717) is 23.3 Å². The molecule has 1 aliphatic heterocycles. The number of amides is 1. The molecule has 180 valence electrons. The summed E-state index contributed by atoms with van der Waals surface area (Å²) in [5.41, 5.74) is 5.96. The molecular weight excluding hydrogens is 450 g/mol. The maximum atomic E-state index is 12.4. The molecule has 1 unspecified atom stereocenters. The molecule has 2 atom stereocenters. The lowest BCUT2D eigenvalue weighted by atomic mass is 10.1. The van der Waals surface area contributed by atoms with Gasteiger partial charge in [0.15, 0.2) is 5.82 Å². The number of rotatable bonds is 10. The van der Waals surface area contributed by atoms with Gasteiger partial charge in [0.1, 0.15) is 11.7 Å². The van der Waals surface area contributed by atoms with Crippen LogP contribution in [-0.4, -0.2) is 69.2 Å². The van der Waals surface area contributed by atoms with E-state index < -0.39 is 29.4 Å². The fraction of sp³-hybridized carbons (Fsp3) is 0.300. The third-order valence-electron chi connectivity index (χ3n) is 5.06. The minimum Gasteiger partial charge on any atom is -0.481 e. The van der Waals surface area contributed by atoms with Gasteiger partial charge in [0.2, 0.25) is 12.4 Å². The van der Waals surface area contributed by atoms with Crippen LogP contribution in [0.25, 0.3) is 0 Å². The molecule has 2 aromatic rings. The van der Waals surface area contributed by atoms with Crippen LogP contribution in [0.1, 0.15) is 23.2 Å². The van der Waals surface area contributed by atoms with Crippen molar-refractivity contribution in [3.05, 3.63) is 40.2 Å². The second kappa shape index (κ2) is 10.3. The normalized spacial score (nSPS) is 15.1. The molecule has 34 heavy (non-hydrogen) atoms. The zero-order valence-electron chi connectivity index (χ0n) is 17.8. The monoisotopic (exact) mass is 473 g/mol. The standard InChI is InChI=1S/C20H23N7O7/c21-20-26-16-15(18(32)27(20)9-28)24-12(8-23-16)7-22-11-3-1-10(2-4-11)17(31)25-13(19(33)34)5-6-14(29)30/h1-4,9,12-13,22-24H,5-8H2,(H2,21,26)(H,25,31)(H,29,30)(H,33,34)/t12?,13-/m0/s1. The van der Waals surface area contributed by atoms with E-state index in [2.05, 4.69) is 26.3 Å². The average molecular weight is 473 g/mol. The van der Waals surface area contributed by atoms with Crippen LogP contribution in [0.3, 0.4) is 0 Å². The van der Waals surface area contributed by atoms with Crippen LogP contribution in [0.2, 0.25) is 0 Å². The Hall–Kier alpha value is -4.62. The lowest BCUT2D eigenvalue weighted by Gasteiger charge is -2.27. The number of carbonyl (C=O) groups is 4. The molecule has 0 bridgehead atoms. The van der Waals surface area contributed by atoms with Crippen LogP contribution in [0.4, 0.5) is 23.1 Å². The zero-order valence-corrected chi connectivity index (χ0v) is 17.8. The molecule has 3 rings (SSSR count). The highest BCUT2D eigenvalue weighted by molar-refractivity contribution is 5.97. The van der Waals surface area contributed by atoms with Gasteiger partial charge in [0, 0.05) is 30.8 Å². The summed E-state index contributed by atoms with van der Waals surface area (Å²) >= 11 is 0. The second-order valence-electron chi connectivity index (χ2n) is 7.45. The van der Waals surface area contributed by atoms with Gasteiger partial charge >= 0.3 is 11.9 Å². The highest BCUT2D eigenvalue weighted by Crippen LogP contribution is 2.21. The fourth-order valence-corrected chi connectivity index (χ4v) is 3.26. The van der Waals surface area contributed by atoms with Gasteiger partial charge in [-0.05, 0) is 30.7 Å². The Bertz CT molecular complexity index is 1160. The highest BCUT2D eigenvalue weighted by Gasteiger charge is 2.24.